The van der Waals surface area contributed by atoms with E-state index in [0.29, 0.717) is 24.0 Å². The van der Waals surface area contributed by atoms with E-state index >= 15 is 0 Å². The molecule has 6 unspecified atom stereocenters. The molecule has 0 aromatic heterocycles. The maximum absolute atomic E-state index is 6.92. The summed E-state index contributed by atoms with van der Waals surface area (Å²) in [5.74, 6) is 4.26. The number of hydrogen-bond acceptors (Lipinski definition) is 1. The van der Waals surface area contributed by atoms with Gasteiger partial charge in [0.25, 0.3) is 0 Å². The van der Waals surface area contributed by atoms with Gasteiger partial charge < -0.3 is 4.74 Å². The highest BCUT2D eigenvalue weighted by atomic mass is 16.5. The molecule has 0 fully saturated rings. The third kappa shape index (κ3) is 10.0. The summed E-state index contributed by atoms with van der Waals surface area (Å²) in [6.07, 6.45) is 8.34. The van der Waals surface area contributed by atoms with Gasteiger partial charge in [-0.3, -0.25) is 0 Å². The third-order valence-corrected chi connectivity index (χ3v) is 6.59. The van der Waals surface area contributed by atoms with Gasteiger partial charge in [-0.25, -0.2) is 0 Å². The summed E-state index contributed by atoms with van der Waals surface area (Å²) in [6, 6.07) is 0. The Morgan fingerprint density at radius 3 is 1.08 bits per heavy atom. The predicted octanol–water partition coefficient (Wildman–Crippen LogP) is 7.98. The van der Waals surface area contributed by atoms with Gasteiger partial charge in [0.15, 0.2) is 0 Å². The van der Waals surface area contributed by atoms with Crippen molar-refractivity contribution in [3.05, 3.63) is 0 Å². The molecule has 0 radical (unpaired) electrons. The van der Waals surface area contributed by atoms with Gasteiger partial charge in [-0.15, -0.1) is 0 Å². The SMILES string of the molecule is CCCC(C)C(CC(C)C(C)C)OC(CC(C)C(C)C)C(C)CCC. The molecular formula is C24H50O. The molecule has 1 heteroatoms. The quantitative estimate of drug-likeness (QED) is 0.307. The Morgan fingerprint density at radius 1 is 0.520 bits per heavy atom. The van der Waals surface area contributed by atoms with E-state index in [4.69, 9.17) is 4.74 Å². The van der Waals surface area contributed by atoms with Crippen LogP contribution in [0.15, 0.2) is 0 Å². The molecule has 0 aromatic carbocycles. The Kier molecular flexibility index (Phi) is 13.2. The van der Waals surface area contributed by atoms with Crippen molar-refractivity contribution in [3.63, 3.8) is 0 Å². The highest BCUT2D eigenvalue weighted by molar-refractivity contribution is 4.77. The van der Waals surface area contributed by atoms with Gasteiger partial charge in [0.1, 0.15) is 0 Å². The first-order valence-electron chi connectivity index (χ1n) is 11.3. The first-order valence-corrected chi connectivity index (χ1v) is 11.3. The van der Waals surface area contributed by atoms with E-state index in [2.05, 4.69) is 69.2 Å². The van der Waals surface area contributed by atoms with Crippen molar-refractivity contribution in [2.24, 2.45) is 35.5 Å². The maximum Gasteiger partial charge on any atom is 0.0607 e. The van der Waals surface area contributed by atoms with Crippen LogP contribution in [-0.4, -0.2) is 12.2 Å². The molecule has 0 N–H and O–H groups in total. The lowest BCUT2D eigenvalue weighted by Crippen LogP contribution is -2.35. The minimum absolute atomic E-state index is 0.418. The number of ether oxygens (including phenoxy) is 1. The minimum Gasteiger partial charge on any atom is -0.374 e. The number of hydrogen-bond donors (Lipinski definition) is 0. The van der Waals surface area contributed by atoms with E-state index in [9.17, 15) is 0 Å². The van der Waals surface area contributed by atoms with Gasteiger partial charge in [0, 0.05) is 0 Å². The molecule has 0 heterocycles. The van der Waals surface area contributed by atoms with Gasteiger partial charge in [-0.2, -0.15) is 0 Å². The van der Waals surface area contributed by atoms with Crippen LogP contribution in [0, 0.1) is 35.5 Å². The fourth-order valence-electron chi connectivity index (χ4n) is 3.63. The topological polar surface area (TPSA) is 9.23 Å². The Labute approximate surface area is 160 Å². The molecule has 0 saturated heterocycles. The van der Waals surface area contributed by atoms with Crippen molar-refractivity contribution in [2.75, 3.05) is 0 Å². The van der Waals surface area contributed by atoms with E-state index in [-0.39, 0.29) is 0 Å². The highest BCUT2D eigenvalue weighted by Gasteiger charge is 2.29. The van der Waals surface area contributed by atoms with Crippen LogP contribution in [0.25, 0.3) is 0 Å². The summed E-state index contributed by atoms with van der Waals surface area (Å²) in [5, 5.41) is 0. The Hall–Kier alpha value is -0.0400. The molecule has 0 aliphatic heterocycles. The van der Waals surface area contributed by atoms with Crippen molar-refractivity contribution < 1.29 is 4.74 Å². The molecule has 0 aliphatic carbocycles. The average molecular weight is 355 g/mol. The monoisotopic (exact) mass is 354 g/mol. The molecule has 6 atom stereocenters. The van der Waals surface area contributed by atoms with E-state index in [0.717, 1.165) is 23.7 Å². The molecular weight excluding hydrogens is 304 g/mol. The summed E-state index contributed by atoms with van der Waals surface area (Å²) in [4.78, 5) is 0. The van der Waals surface area contributed by atoms with Gasteiger partial charge in [-0.05, 0) is 61.2 Å². The van der Waals surface area contributed by atoms with Crippen molar-refractivity contribution in [2.45, 2.75) is 120 Å². The molecule has 1 nitrogen and oxygen atoms in total. The number of rotatable bonds is 14. The summed E-state index contributed by atoms with van der Waals surface area (Å²) in [7, 11) is 0. The minimum atomic E-state index is 0.418. The highest BCUT2D eigenvalue weighted by Crippen LogP contribution is 2.31. The van der Waals surface area contributed by atoms with Crippen LogP contribution in [0.4, 0.5) is 0 Å². The maximum atomic E-state index is 6.92. The Bertz CT molecular complexity index is 279. The lowest BCUT2D eigenvalue weighted by molar-refractivity contribution is -0.0864. The Balaban J connectivity index is 5.18. The van der Waals surface area contributed by atoms with Gasteiger partial charge >= 0.3 is 0 Å². The van der Waals surface area contributed by atoms with Crippen molar-refractivity contribution in [3.8, 4) is 0 Å². The van der Waals surface area contributed by atoms with Crippen LogP contribution in [0.1, 0.15) is 108 Å². The third-order valence-electron chi connectivity index (χ3n) is 6.59. The van der Waals surface area contributed by atoms with Crippen molar-refractivity contribution in [1.82, 2.24) is 0 Å². The summed E-state index contributed by atoms with van der Waals surface area (Å²) in [6.45, 7) is 23.6. The molecule has 25 heavy (non-hydrogen) atoms. The van der Waals surface area contributed by atoms with E-state index < -0.39 is 0 Å². The molecule has 0 amide bonds. The fraction of sp³-hybridized carbons (Fsp3) is 1.00. The smallest absolute Gasteiger partial charge is 0.0607 e. The normalized spacial score (nSPS) is 19.7. The van der Waals surface area contributed by atoms with Gasteiger partial charge in [0.2, 0.25) is 0 Å². The molecule has 0 aromatic rings. The fourth-order valence-corrected chi connectivity index (χ4v) is 3.63. The Morgan fingerprint density at radius 2 is 0.840 bits per heavy atom. The lowest BCUT2D eigenvalue weighted by atomic mass is 9.84. The molecule has 0 rings (SSSR count). The summed E-state index contributed by atoms with van der Waals surface area (Å²) in [5.41, 5.74) is 0. The first-order chi connectivity index (χ1) is 11.6. The average Bonchev–Trinajstić information content (AvgIpc) is 2.53. The van der Waals surface area contributed by atoms with Crippen molar-refractivity contribution >= 4 is 0 Å². The zero-order valence-corrected chi connectivity index (χ0v) is 19.3. The van der Waals surface area contributed by atoms with Gasteiger partial charge in [-0.1, -0.05) is 82.1 Å². The second kappa shape index (κ2) is 13.2. The predicted molar refractivity (Wildman–Crippen MR) is 114 cm³/mol. The van der Waals surface area contributed by atoms with Crippen LogP contribution >= 0.6 is 0 Å². The molecule has 0 bridgehead atoms. The molecule has 0 aliphatic rings. The first kappa shape index (κ1) is 25.0. The molecule has 0 saturated carbocycles. The van der Waals surface area contributed by atoms with Crippen LogP contribution in [0.5, 0.6) is 0 Å². The van der Waals surface area contributed by atoms with Crippen LogP contribution < -0.4 is 0 Å². The standard InChI is InChI=1S/C24H50O/c1-11-13-19(7)23(15-21(9)17(3)4)25-24(20(8)14-12-2)16-22(10)18(5)6/h17-24H,11-16H2,1-10H3. The van der Waals surface area contributed by atoms with E-state index in [1.807, 2.05) is 0 Å². The van der Waals surface area contributed by atoms with Crippen LogP contribution in [0.2, 0.25) is 0 Å². The zero-order chi connectivity index (χ0) is 19.6. The zero-order valence-electron chi connectivity index (χ0n) is 19.3. The van der Waals surface area contributed by atoms with Crippen molar-refractivity contribution in [1.29, 1.82) is 0 Å². The molecule has 0 spiro atoms. The summed E-state index contributed by atoms with van der Waals surface area (Å²) >= 11 is 0. The summed E-state index contributed by atoms with van der Waals surface area (Å²) < 4.78 is 6.92. The largest absolute Gasteiger partial charge is 0.374 e. The van der Waals surface area contributed by atoms with Gasteiger partial charge in [0.05, 0.1) is 12.2 Å². The van der Waals surface area contributed by atoms with Crippen LogP contribution in [-0.2, 0) is 4.74 Å². The molecule has 152 valence electrons. The van der Waals surface area contributed by atoms with E-state index in [1.54, 1.807) is 0 Å². The van der Waals surface area contributed by atoms with Crippen LogP contribution in [0.3, 0.4) is 0 Å². The second-order valence-corrected chi connectivity index (χ2v) is 9.66. The van der Waals surface area contributed by atoms with E-state index in [1.165, 1.54) is 38.5 Å². The second-order valence-electron chi connectivity index (χ2n) is 9.66. The lowest BCUT2D eigenvalue weighted by Gasteiger charge is -2.36.